The Labute approximate surface area is 141 Å². The van der Waals surface area contributed by atoms with Crippen LogP contribution in [0.5, 0.6) is 0 Å². The second-order valence-corrected chi connectivity index (χ2v) is 7.71. The molecule has 1 heterocycles. The first-order chi connectivity index (χ1) is 11.3. The van der Waals surface area contributed by atoms with Crippen LogP contribution in [-0.4, -0.2) is 49.4 Å². The molecule has 1 aromatic carbocycles. The number of carboxylic acid groups (broad SMARTS) is 1. The zero-order valence-corrected chi connectivity index (χ0v) is 14.5. The average Bonchev–Trinajstić information content (AvgIpc) is 2.54. The van der Waals surface area contributed by atoms with Crippen LogP contribution in [0.25, 0.3) is 0 Å². The molecule has 1 fully saturated rings. The van der Waals surface area contributed by atoms with Crippen LogP contribution in [0.1, 0.15) is 37.0 Å². The maximum absolute atomic E-state index is 12.6. The lowest BCUT2D eigenvalue weighted by Crippen LogP contribution is -2.47. The molecule has 0 spiro atoms. The average molecular weight is 354 g/mol. The molecule has 1 aromatic rings. The van der Waals surface area contributed by atoms with Gasteiger partial charge in [-0.15, -0.1) is 0 Å². The van der Waals surface area contributed by atoms with Crippen LogP contribution in [0.3, 0.4) is 0 Å². The Bertz CT molecular complexity index is 714. The van der Waals surface area contributed by atoms with Crippen molar-refractivity contribution in [3.05, 3.63) is 29.8 Å². The van der Waals surface area contributed by atoms with Gasteiger partial charge in [-0.1, -0.05) is 6.92 Å². The van der Waals surface area contributed by atoms with Crippen molar-refractivity contribution in [2.45, 2.75) is 37.6 Å². The maximum Gasteiger partial charge on any atom is 0.308 e. The zero-order valence-electron chi connectivity index (χ0n) is 13.7. The van der Waals surface area contributed by atoms with Crippen molar-refractivity contribution in [2.24, 2.45) is 5.92 Å². The Morgan fingerprint density at radius 1 is 1.25 bits per heavy atom. The molecule has 24 heavy (non-hydrogen) atoms. The molecule has 0 radical (unpaired) electrons. The summed E-state index contributed by atoms with van der Waals surface area (Å²) in [6.07, 6.45) is 1.19. The lowest BCUT2D eigenvalue weighted by molar-refractivity contribution is -0.143. The van der Waals surface area contributed by atoms with Crippen molar-refractivity contribution in [2.75, 3.05) is 13.1 Å². The first kappa shape index (κ1) is 18.4. The number of likely N-dealkylation sites (tertiary alicyclic amines) is 1. The monoisotopic (exact) mass is 354 g/mol. The summed E-state index contributed by atoms with van der Waals surface area (Å²) in [5, 5.41) is 9.16. The highest BCUT2D eigenvalue weighted by molar-refractivity contribution is 7.89. The number of piperidine rings is 1. The van der Waals surface area contributed by atoms with Gasteiger partial charge in [-0.2, -0.15) is 0 Å². The minimum absolute atomic E-state index is 0.0433. The molecule has 8 heteroatoms. The zero-order chi connectivity index (χ0) is 17.9. The Hall–Kier alpha value is -1.93. The molecule has 0 aliphatic carbocycles. The largest absolute Gasteiger partial charge is 0.481 e. The van der Waals surface area contributed by atoms with Gasteiger partial charge in [0.2, 0.25) is 10.0 Å². The van der Waals surface area contributed by atoms with Crippen molar-refractivity contribution in [3.63, 3.8) is 0 Å². The van der Waals surface area contributed by atoms with Crippen LogP contribution < -0.4 is 4.72 Å². The second kappa shape index (κ2) is 7.31. The van der Waals surface area contributed by atoms with E-state index in [1.165, 1.54) is 24.3 Å². The Morgan fingerprint density at radius 2 is 1.88 bits per heavy atom. The molecule has 132 valence electrons. The molecule has 7 nitrogen and oxygen atoms in total. The summed E-state index contributed by atoms with van der Waals surface area (Å²) in [4.78, 5) is 25.4. The number of hydrogen-bond donors (Lipinski definition) is 2. The maximum atomic E-state index is 12.6. The van der Waals surface area contributed by atoms with Crippen molar-refractivity contribution < 1.29 is 23.1 Å². The van der Waals surface area contributed by atoms with E-state index in [1.807, 2.05) is 6.92 Å². The predicted molar refractivity (Wildman–Crippen MR) is 88.2 cm³/mol. The minimum atomic E-state index is -3.56. The van der Waals surface area contributed by atoms with E-state index in [-0.39, 0.29) is 29.9 Å². The molecule has 2 N–H and O–H groups in total. The van der Waals surface area contributed by atoms with Gasteiger partial charge in [0, 0.05) is 24.7 Å². The van der Waals surface area contributed by atoms with E-state index in [0.717, 1.165) is 0 Å². The van der Waals surface area contributed by atoms with Crippen LogP contribution in [0, 0.1) is 5.92 Å². The molecule has 2 rings (SSSR count). The molecule has 1 aliphatic heterocycles. The van der Waals surface area contributed by atoms with Gasteiger partial charge in [-0.3, -0.25) is 9.59 Å². The first-order valence-electron chi connectivity index (χ1n) is 7.89. The number of carboxylic acids is 1. The third-order valence-electron chi connectivity index (χ3n) is 4.24. The highest BCUT2D eigenvalue weighted by atomic mass is 32.2. The Balaban J connectivity index is 2.19. The topological polar surface area (TPSA) is 104 Å². The molecule has 2 atom stereocenters. The standard InChI is InChI=1S/C16H22N2O5S/c1-3-17-24(22,23)14-8-6-12(7-9-14)15(19)18-10-13(16(20)21)5-4-11(18)2/h6-9,11,13,17H,3-5,10H2,1-2H3,(H,20,21). The van der Waals surface area contributed by atoms with E-state index >= 15 is 0 Å². The SMILES string of the molecule is CCNS(=O)(=O)c1ccc(C(=O)N2CC(C(=O)O)CCC2C)cc1. The fourth-order valence-electron chi connectivity index (χ4n) is 2.81. The van der Waals surface area contributed by atoms with E-state index in [2.05, 4.69) is 4.72 Å². The normalized spacial score (nSPS) is 21.5. The first-order valence-corrected chi connectivity index (χ1v) is 9.38. The summed E-state index contributed by atoms with van der Waals surface area (Å²) in [7, 11) is -3.56. The van der Waals surface area contributed by atoms with E-state index in [9.17, 15) is 18.0 Å². The van der Waals surface area contributed by atoms with E-state index in [1.54, 1.807) is 11.8 Å². The molecular formula is C16H22N2O5S. The van der Waals surface area contributed by atoms with Gasteiger partial charge in [0.05, 0.1) is 10.8 Å². The quantitative estimate of drug-likeness (QED) is 0.830. The number of hydrogen-bond acceptors (Lipinski definition) is 4. The predicted octanol–water partition coefficient (Wildman–Crippen LogP) is 1.31. The smallest absolute Gasteiger partial charge is 0.308 e. The highest BCUT2D eigenvalue weighted by Crippen LogP contribution is 2.24. The molecule has 1 saturated heterocycles. The van der Waals surface area contributed by atoms with Crippen LogP contribution in [0.4, 0.5) is 0 Å². The third-order valence-corrected chi connectivity index (χ3v) is 5.80. The summed E-state index contributed by atoms with van der Waals surface area (Å²) < 4.78 is 26.2. The molecular weight excluding hydrogens is 332 g/mol. The summed E-state index contributed by atoms with van der Waals surface area (Å²) >= 11 is 0. The van der Waals surface area contributed by atoms with Crippen molar-refractivity contribution in [1.29, 1.82) is 0 Å². The number of amides is 1. The van der Waals surface area contributed by atoms with Crippen LogP contribution >= 0.6 is 0 Å². The van der Waals surface area contributed by atoms with Gasteiger partial charge >= 0.3 is 5.97 Å². The van der Waals surface area contributed by atoms with E-state index in [4.69, 9.17) is 5.11 Å². The summed E-state index contributed by atoms with van der Waals surface area (Å²) in [6.45, 7) is 4.03. The molecule has 0 bridgehead atoms. The Kier molecular flexibility index (Phi) is 5.61. The molecule has 1 amide bonds. The number of nitrogens with zero attached hydrogens (tertiary/aromatic N) is 1. The summed E-state index contributed by atoms with van der Waals surface area (Å²) in [5.41, 5.74) is 0.350. The van der Waals surface area contributed by atoms with Crippen LogP contribution in [0.15, 0.2) is 29.2 Å². The van der Waals surface area contributed by atoms with Gasteiger partial charge in [-0.05, 0) is 44.0 Å². The van der Waals surface area contributed by atoms with Crippen LogP contribution in [0.2, 0.25) is 0 Å². The number of carbonyl (C=O) groups excluding carboxylic acids is 1. The number of benzene rings is 1. The highest BCUT2D eigenvalue weighted by Gasteiger charge is 2.33. The minimum Gasteiger partial charge on any atom is -0.481 e. The van der Waals surface area contributed by atoms with Gasteiger partial charge in [0.25, 0.3) is 5.91 Å². The molecule has 2 unspecified atom stereocenters. The number of nitrogens with one attached hydrogen (secondary N) is 1. The lowest BCUT2D eigenvalue weighted by atomic mass is 9.93. The second-order valence-electron chi connectivity index (χ2n) is 5.94. The van der Waals surface area contributed by atoms with Gasteiger partial charge in [0.1, 0.15) is 0 Å². The number of rotatable bonds is 5. The van der Waals surface area contributed by atoms with Gasteiger partial charge < -0.3 is 10.0 Å². The molecule has 1 aliphatic rings. The Morgan fingerprint density at radius 3 is 2.42 bits per heavy atom. The number of carbonyl (C=O) groups is 2. The van der Waals surface area contributed by atoms with E-state index < -0.39 is 21.9 Å². The third kappa shape index (κ3) is 3.93. The lowest BCUT2D eigenvalue weighted by Gasteiger charge is -2.36. The van der Waals surface area contributed by atoms with Crippen molar-refractivity contribution in [1.82, 2.24) is 9.62 Å². The number of sulfonamides is 1. The van der Waals surface area contributed by atoms with E-state index in [0.29, 0.717) is 18.4 Å². The molecule has 0 saturated carbocycles. The summed E-state index contributed by atoms with van der Waals surface area (Å²) in [6, 6.07) is 5.65. The fourth-order valence-corrected chi connectivity index (χ4v) is 3.85. The fraction of sp³-hybridized carbons (Fsp3) is 0.500. The number of aliphatic carboxylic acids is 1. The van der Waals surface area contributed by atoms with Gasteiger partial charge in [0.15, 0.2) is 0 Å². The van der Waals surface area contributed by atoms with Gasteiger partial charge in [-0.25, -0.2) is 13.1 Å². The summed E-state index contributed by atoms with van der Waals surface area (Å²) in [5.74, 6) is -1.73. The van der Waals surface area contributed by atoms with Crippen LogP contribution in [-0.2, 0) is 14.8 Å². The van der Waals surface area contributed by atoms with Crippen molar-refractivity contribution >= 4 is 21.9 Å². The molecule has 0 aromatic heterocycles. The van der Waals surface area contributed by atoms with Crippen molar-refractivity contribution in [3.8, 4) is 0 Å².